The first kappa shape index (κ1) is 15.6. The van der Waals surface area contributed by atoms with Crippen LogP contribution in [-0.4, -0.2) is 36.5 Å². The lowest BCUT2D eigenvalue weighted by Gasteiger charge is -2.23. The van der Waals surface area contributed by atoms with E-state index in [0.717, 1.165) is 6.42 Å². The van der Waals surface area contributed by atoms with Crippen LogP contribution in [0.3, 0.4) is 0 Å². The molecule has 0 radical (unpaired) electrons. The smallest absolute Gasteiger partial charge is 0.309 e. The third-order valence-electron chi connectivity index (χ3n) is 3.57. The fourth-order valence-electron chi connectivity index (χ4n) is 2.51. The number of carbonyl (C=O) groups is 2. The van der Waals surface area contributed by atoms with Crippen LogP contribution in [0.5, 0.6) is 0 Å². The van der Waals surface area contributed by atoms with Crippen LogP contribution in [-0.2, 0) is 9.53 Å². The molecule has 0 N–H and O–H groups in total. The van der Waals surface area contributed by atoms with Crippen LogP contribution in [0.1, 0.15) is 37.7 Å². The first-order valence-electron chi connectivity index (χ1n) is 7.52. The maximum absolute atomic E-state index is 12.4. The number of amides is 1. The van der Waals surface area contributed by atoms with Gasteiger partial charge in [0, 0.05) is 13.1 Å². The number of hydrogen-bond acceptors (Lipinski definition) is 4. The zero-order chi connectivity index (χ0) is 15.4. The molecule has 1 fully saturated rings. The van der Waals surface area contributed by atoms with Gasteiger partial charge in [-0.15, -0.1) is 0 Å². The summed E-state index contributed by atoms with van der Waals surface area (Å²) in [6.07, 6.45) is 2.30. The Kier molecular flexibility index (Phi) is 5.04. The number of furan rings is 1. The number of hydrogen-bond donors (Lipinski definition) is 0. The molecule has 1 heterocycles. The van der Waals surface area contributed by atoms with Gasteiger partial charge in [-0.05, 0) is 37.3 Å². The largest absolute Gasteiger partial charge is 0.466 e. The van der Waals surface area contributed by atoms with Gasteiger partial charge in [-0.3, -0.25) is 9.59 Å². The first-order chi connectivity index (χ1) is 10.0. The predicted molar refractivity (Wildman–Crippen MR) is 77.7 cm³/mol. The summed E-state index contributed by atoms with van der Waals surface area (Å²) in [6.45, 7) is 7.59. The molecule has 2 unspecified atom stereocenters. The van der Waals surface area contributed by atoms with Crippen molar-refractivity contribution in [3.8, 4) is 0 Å². The fraction of sp³-hybridized carbons (Fsp3) is 0.625. The summed E-state index contributed by atoms with van der Waals surface area (Å²) in [4.78, 5) is 25.9. The third-order valence-corrected chi connectivity index (χ3v) is 3.57. The summed E-state index contributed by atoms with van der Waals surface area (Å²) in [6, 6.07) is 3.38. The van der Waals surface area contributed by atoms with Crippen molar-refractivity contribution >= 4 is 11.9 Å². The molecule has 1 saturated carbocycles. The Morgan fingerprint density at radius 2 is 2.24 bits per heavy atom. The Labute approximate surface area is 125 Å². The molecule has 2 rings (SSSR count). The molecule has 0 aliphatic heterocycles. The Balaban J connectivity index is 1.95. The van der Waals surface area contributed by atoms with Crippen molar-refractivity contribution in [1.82, 2.24) is 4.90 Å². The van der Waals surface area contributed by atoms with Gasteiger partial charge in [-0.1, -0.05) is 13.8 Å². The molecule has 0 spiro atoms. The molecule has 1 aliphatic rings. The van der Waals surface area contributed by atoms with Gasteiger partial charge in [0.2, 0.25) is 0 Å². The maximum atomic E-state index is 12.4. The van der Waals surface area contributed by atoms with Gasteiger partial charge < -0.3 is 14.1 Å². The Morgan fingerprint density at radius 3 is 2.81 bits per heavy atom. The topological polar surface area (TPSA) is 59.8 Å². The van der Waals surface area contributed by atoms with Crippen LogP contribution in [0.2, 0.25) is 0 Å². The third kappa shape index (κ3) is 4.09. The summed E-state index contributed by atoms with van der Waals surface area (Å²) >= 11 is 0. The maximum Gasteiger partial charge on any atom is 0.309 e. The summed E-state index contributed by atoms with van der Waals surface area (Å²) in [5.74, 6) is 0.624. The van der Waals surface area contributed by atoms with Gasteiger partial charge in [-0.25, -0.2) is 0 Å². The lowest BCUT2D eigenvalue weighted by molar-refractivity contribution is -0.145. The monoisotopic (exact) mass is 293 g/mol. The zero-order valence-electron chi connectivity index (χ0n) is 12.9. The van der Waals surface area contributed by atoms with Crippen LogP contribution >= 0.6 is 0 Å². The van der Waals surface area contributed by atoms with Gasteiger partial charge in [0.05, 0.1) is 18.8 Å². The molecule has 116 valence electrons. The zero-order valence-corrected chi connectivity index (χ0v) is 12.9. The summed E-state index contributed by atoms with van der Waals surface area (Å²) < 4.78 is 10.2. The summed E-state index contributed by atoms with van der Waals surface area (Å²) in [5.41, 5.74) is 0. The molecule has 1 aliphatic carbocycles. The number of rotatable bonds is 7. The van der Waals surface area contributed by atoms with E-state index in [1.807, 2.05) is 0 Å². The summed E-state index contributed by atoms with van der Waals surface area (Å²) in [5, 5.41) is 0. The predicted octanol–water partition coefficient (Wildman–Crippen LogP) is 2.58. The highest BCUT2D eigenvalue weighted by Gasteiger charge is 2.45. The van der Waals surface area contributed by atoms with Crippen molar-refractivity contribution in [2.75, 3.05) is 19.7 Å². The van der Waals surface area contributed by atoms with Crippen molar-refractivity contribution in [2.45, 2.75) is 27.2 Å². The minimum Gasteiger partial charge on any atom is -0.466 e. The fourth-order valence-corrected chi connectivity index (χ4v) is 2.51. The molecule has 21 heavy (non-hydrogen) atoms. The highest BCUT2D eigenvalue weighted by Crippen LogP contribution is 2.40. The molecule has 5 heteroatoms. The van der Waals surface area contributed by atoms with Crippen LogP contribution < -0.4 is 0 Å². The first-order valence-corrected chi connectivity index (χ1v) is 7.52. The van der Waals surface area contributed by atoms with Gasteiger partial charge in [0.15, 0.2) is 5.76 Å². The van der Waals surface area contributed by atoms with Crippen molar-refractivity contribution in [3.63, 3.8) is 0 Å². The Bertz CT molecular complexity index is 480. The second-order valence-electron chi connectivity index (χ2n) is 5.94. The molecular formula is C16H23NO4. The van der Waals surface area contributed by atoms with Crippen molar-refractivity contribution < 1.29 is 18.7 Å². The molecule has 0 saturated heterocycles. The van der Waals surface area contributed by atoms with E-state index in [2.05, 4.69) is 13.8 Å². The van der Waals surface area contributed by atoms with E-state index in [4.69, 9.17) is 9.15 Å². The minimum atomic E-state index is -0.141. The van der Waals surface area contributed by atoms with Crippen LogP contribution in [0, 0.1) is 17.8 Å². The number of esters is 1. The van der Waals surface area contributed by atoms with Crippen molar-refractivity contribution in [1.29, 1.82) is 0 Å². The molecule has 5 nitrogen and oxygen atoms in total. The van der Waals surface area contributed by atoms with E-state index in [-0.39, 0.29) is 23.7 Å². The highest BCUT2D eigenvalue weighted by atomic mass is 16.5. The molecular weight excluding hydrogens is 270 g/mol. The van der Waals surface area contributed by atoms with E-state index in [9.17, 15) is 9.59 Å². The molecule has 2 atom stereocenters. The number of nitrogens with zero attached hydrogens (tertiary/aromatic N) is 1. The SMILES string of the molecule is CCOC(=O)C1CC1CN(CC(C)C)C(=O)c1ccco1. The van der Waals surface area contributed by atoms with E-state index < -0.39 is 0 Å². The van der Waals surface area contributed by atoms with Crippen LogP contribution in [0.4, 0.5) is 0 Å². The second kappa shape index (κ2) is 6.78. The van der Waals surface area contributed by atoms with E-state index in [0.29, 0.717) is 31.4 Å². The van der Waals surface area contributed by atoms with Crippen LogP contribution in [0.25, 0.3) is 0 Å². The quantitative estimate of drug-likeness (QED) is 0.725. The Hall–Kier alpha value is -1.78. The molecule has 1 amide bonds. The highest BCUT2D eigenvalue weighted by molar-refractivity contribution is 5.91. The lowest BCUT2D eigenvalue weighted by atomic mass is 10.2. The standard InChI is InChI=1S/C16H23NO4/c1-4-20-16(19)13-8-12(13)10-17(9-11(2)3)15(18)14-6-5-7-21-14/h5-7,11-13H,4,8-10H2,1-3H3. The Morgan fingerprint density at radius 1 is 1.48 bits per heavy atom. The summed E-state index contributed by atoms with van der Waals surface area (Å²) in [7, 11) is 0. The minimum absolute atomic E-state index is 0.0518. The van der Waals surface area contributed by atoms with Gasteiger partial charge in [-0.2, -0.15) is 0 Å². The van der Waals surface area contributed by atoms with E-state index in [1.54, 1.807) is 24.0 Å². The van der Waals surface area contributed by atoms with Crippen molar-refractivity contribution in [3.05, 3.63) is 24.2 Å². The molecule has 1 aromatic rings. The van der Waals surface area contributed by atoms with Crippen molar-refractivity contribution in [2.24, 2.45) is 17.8 Å². The average molecular weight is 293 g/mol. The normalized spacial score (nSPS) is 20.4. The molecule has 0 bridgehead atoms. The number of ether oxygens (including phenoxy) is 1. The van der Waals surface area contributed by atoms with Gasteiger partial charge >= 0.3 is 5.97 Å². The van der Waals surface area contributed by atoms with E-state index in [1.165, 1.54) is 6.26 Å². The molecule has 1 aromatic heterocycles. The van der Waals surface area contributed by atoms with Crippen LogP contribution in [0.15, 0.2) is 22.8 Å². The average Bonchev–Trinajstić information content (AvgIpc) is 2.98. The molecule has 0 aromatic carbocycles. The number of carbonyl (C=O) groups excluding carboxylic acids is 2. The second-order valence-corrected chi connectivity index (χ2v) is 5.94. The van der Waals surface area contributed by atoms with Gasteiger partial charge in [0.25, 0.3) is 5.91 Å². The van der Waals surface area contributed by atoms with Gasteiger partial charge in [0.1, 0.15) is 0 Å². The lowest BCUT2D eigenvalue weighted by Crippen LogP contribution is -2.36. The van der Waals surface area contributed by atoms with E-state index >= 15 is 0 Å².